The summed E-state index contributed by atoms with van der Waals surface area (Å²) < 4.78 is 41.2. The van der Waals surface area contributed by atoms with Crippen LogP contribution in [0.1, 0.15) is 38.0 Å². The molecule has 0 radical (unpaired) electrons. The molecule has 0 fully saturated rings. The van der Waals surface area contributed by atoms with Gasteiger partial charge in [-0.05, 0) is 48.4 Å². The highest BCUT2D eigenvalue weighted by atomic mass is 127. The second kappa shape index (κ2) is 11.6. The Morgan fingerprint density at radius 3 is 2.20 bits per heavy atom. The molecule has 0 aliphatic heterocycles. The molecule has 2 aromatic carbocycles. The zero-order valence-electron chi connectivity index (χ0n) is 18.2. The molecule has 0 spiro atoms. The van der Waals surface area contributed by atoms with E-state index in [9.17, 15) is 8.42 Å². The van der Waals surface area contributed by atoms with Crippen LogP contribution >= 0.6 is 22.6 Å². The first-order valence-corrected chi connectivity index (χ1v) is 15.9. The number of nitrogens with one attached hydrogen (secondary N) is 1. The lowest BCUT2D eigenvalue weighted by atomic mass is 10.1. The van der Waals surface area contributed by atoms with Gasteiger partial charge in [-0.1, -0.05) is 79.8 Å². The maximum atomic E-state index is 12.7. The average molecular weight is 562 g/mol. The summed E-state index contributed by atoms with van der Waals surface area (Å²) in [6.07, 6.45) is -0.133. The Morgan fingerprint density at radius 2 is 1.67 bits per heavy atom. The molecule has 0 amide bonds. The fraction of sp³-hybridized carbons (Fsp3) is 0.455. The highest BCUT2D eigenvalue weighted by molar-refractivity contribution is 14.1. The van der Waals surface area contributed by atoms with Crippen LogP contribution in [0.4, 0.5) is 0 Å². The molecule has 166 valence electrons. The van der Waals surface area contributed by atoms with Crippen LogP contribution in [0.5, 0.6) is 5.75 Å². The Morgan fingerprint density at radius 1 is 1.03 bits per heavy atom. The van der Waals surface area contributed by atoms with Gasteiger partial charge in [-0.3, -0.25) is 0 Å². The molecule has 0 heterocycles. The molecule has 0 aliphatic rings. The Labute approximate surface area is 195 Å². The fourth-order valence-electron chi connectivity index (χ4n) is 3.39. The zero-order chi connectivity index (χ0) is 22.2. The van der Waals surface area contributed by atoms with Crippen LogP contribution in [-0.2, 0) is 21.1 Å². The van der Waals surface area contributed by atoms with E-state index in [0.717, 1.165) is 33.7 Å². The summed E-state index contributed by atoms with van der Waals surface area (Å²) >= 11 is 2.32. The number of ether oxygens (including phenoxy) is 1. The van der Waals surface area contributed by atoms with Crippen molar-refractivity contribution in [2.45, 2.75) is 56.5 Å². The molecule has 5 nitrogen and oxygen atoms in total. The fourth-order valence-corrected chi connectivity index (χ4v) is 8.14. The van der Waals surface area contributed by atoms with Gasteiger partial charge in [0.25, 0.3) is 0 Å². The second-order valence-electron chi connectivity index (χ2n) is 7.19. The highest BCUT2D eigenvalue weighted by Crippen LogP contribution is 2.34. The average Bonchev–Trinajstić information content (AvgIpc) is 2.80. The first-order valence-electron chi connectivity index (χ1n) is 10.3. The third-order valence-corrected chi connectivity index (χ3v) is 12.5. The highest BCUT2D eigenvalue weighted by Gasteiger charge is 2.33. The Hall–Kier alpha value is -0.943. The first kappa shape index (κ1) is 25.3. The Bertz CT molecular complexity index is 896. The maximum Gasteiger partial charge on any atom is 0.244 e. The molecule has 1 N–H and O–H groups in total. The minimum absolute atomic E-state index is 0.133. The molecule has 1 atom stereocenters. The molecular formula is C22H32INO4SSi. The molecule has 0 saturated carbocycles. The van der Waals surface area contributed by atoms with E-state index in [1.807, 2.05) is 36.4 Å². The molecule has 0 aliphatic carbocycles. The van der Waals surface area contributed by atoms with Crippen LogP contribution in [0.15, 0.2) is 53.4 Å². The van der Waals surface area contributed by atoms with Crippen molar-refractivity contribution in [2.75, 3.05) is 11.5 Å². The third kappa shape index (κ3) is 6.29. The third-order valence-electron chi connectivity index (χ3n) is 5.60. The SMILES string of the molecule is CC[Si](CC)(CC)O[C@@H](CI)c1ccc(OCc2ccccc2)c(S(=O)(=O)NC)c1. The quantitative estimate of drug-likeness (QED) is 0.206. The largest absolute Gasteiger partial charge is 0.487 e. The minimum Gasteiger partial charge on any atom is -0.487 e. The zero-order valence-corrected chi connectivity index (χ0v) is 22.1. The number of hydrogen-bond donors (Lipinski definition) is 1. The van der Waals surface area contributed by atoms with Gasteiger partial charge < -0.3 is 9.16 Å². The van der Waals surface area contributed by atoms with Gasteiger partial charge in [0.15, 0.2) is 8.32 Å². The van der Waals surface area contributed by atoms with E-state index in [-0.39, 0.29) is 11.0 Å². The lowest BCUT2D eigenvalue weighted by Crippen LogP contribution is -2.37. The van der Waals surface area contributed by atoms with Gasteiger partial charge >= 0.3 is 0 Å². The molecule has 8 heteroatoms. The van der Waals surface area contributed by atoms with Gasteiger partial charge in [0.1, 0.15) is 17.3 Å². The summed E-state index contributed by atoms with van der Waals surface area (Å²) in [5, 5.41) is 0. The molecule has 0 aromatic heterocycles. The lowest BCUT2D eigenvalue weighted by Gasteiger charge is -2.33. The second-order valence-corrected chi connectivity index (χ2v) is 14.7. The van der Waals surface area contributed by atoms with E-state index in [1.54, 1.807) is 12.1 Å². The van der Waals surface area contributed by atoms with E-state index in [4.69, 9.17) is 9.16 Å². The molecule has 0 saturated heterocycles. The van der Waals surface area contributed by atoms with Gasteiger partial charge in [0.05, 0.1) is 6.10 Å². The van der Waals surface area contributed by atoms with Crippen molar-refractivity contribution in [2.24, 2.45) is 0 Å². The molecule has 2 aromatic rings. The van der Waals surface area contributed by atoms with Crippen molar-refractivity contribution >= 4 is 40.9 Å². The van der Waals surface area contributed by atoms with Crippen LogP contribution < -0.4 is 9.46 Å². The van der Waals surface area contributed by atoms with Gasteiger partial charge in [-0.2, -0.15) is 0 Å². The number of alkyl halides is 1. The van der Waals surface area contributed by atoms with Gasteiger partial charge in [0, 0.05) is 4.43 Å². The predicted molar refractivity (Wildman–Crippen MR) is 133 cm³/mol. The van der Waals surface area contributed by atoms with Crippen molar-refractivity contribution in [3.8, 4) is 5.75 Å². The Kier molecular flexibility index (Phi) is 9.80. The smallest absolute Gasteiger partial charge is 0.244 e. The molecule has 0 bridgehead atoms. The summed E-state index contributed by atoms with van der Waals surface area (Å²) in [7, 11) is -4.09. The topological polar surface area (TPSA) is 64.6 Å². The molecule has 2 rings (SSSR count). The number of sulfonamides is 1. The van der Waals surface area contributed by atoms with E-state index in [2.05, 4.69) is 48.1 Å². The number of hydrogen-bond acceptors (Lipinski definition) is 4. The summed E-state index contributed by atoms with van der Waals surface area (Å²) in [6, 6.07) is 18.2. The predicted octanol–water partition coefficient (Wildman–Crippen LogP) is 5.67. The summed E-state index contributed by atoms with van der Waals surface area (Å²) in [5.74, 6) is 0.342. The summed E-state index contributed by atoms with van der Waals surface area (Å²) in [6.45, 7) is 6.89. The Balaban J connectivity index is 2.38. The van der Waals surface area contributed by atoms with Gasteiger partial charge in [-0.25, -0.2) is 13.1 Å². The van der Waals surface area contributed by atoms with Crippen LogP contribution in [-0.4, -0.2) is 28.2 Å². The maximum absolute atomic E-state index is 12.7. The summed E-state index contributed by atoms with van der Waals surface area (Å²) in [4.78, 5) is 0.147. The number of rotatable bonds is 12. The first-order chi connectivity index (χ1) is 14.3. The molecule has 0 unspecified atom stereocenters. The van der Waals surface area contributed by atoms with Crippen molar-refractivity contribution < 1.29 is 17.6 Å². The van der Waals surface area contributed by atoms with Crippen LogP contribution in [0.3, 0.4) is 0 Å². The van der Waals surface area contributed by atoms with E-state index >= 15 is 0 Å². The van der Waals surface area contributed by atoms with E-state index < -0.39 is 18.3 Å². The van der Waals surface area contributed by atoms with Crippen LogP contribution in [0, 0.1) is 0 Å². The monoisotopic (exact) mass is 561 g/mol. The van der Waals surface area contributed by atoms with E-state index in [1.165, 1.54) is 7.05 Å². The number of halogens is 1. The molecular weight excluding hydrogens is 529 g/mol. The molecule has 30 heavy (non-hydrogen) atoms. The van der Waals surface area contributed by atoms with Gasteiger partial charge in [0.2, 0.25) is 10.0 Å². The van der Waals surface area contributed by atoms with Crippen molar-refractivity contribution in [3.05, 3.63) is 59.7 Å². The van der Waals surface area contributed by atoms with Crippen molar-refractivity contribution in [3.63, 3.8) is 0 Å². The standard InChI is InChI=1S/C22H32INO4SSi/c1-5-30(6-2,7-3)28-21(16-23)19-13-14-20(22(15-19)29(25,26)24-4)27-17-18-11-9-8-10-12-18/h8-15,21,24H,5-7,16-17H2,1-4H3/t21-/m0/s1. The number of benzene rings is 2. The van der Waals surface area contributed by atoms with Crippen molar-refractivity contribution in [1.29, 1.82) is 0 Å². The van der Waals surface area contributed by atoms with Gasteiger partial charge in [-0.15, -0.1) is 0 Å². The van der Waals surface area contributed by atoms with Crippen LogP contribution in [0.25, 0.3) is 0 Å². The summed E-state index contributed by atoms with van der Waals surface area (Å²) in [5.41, 5.74) is 1.85. The van der Waals surface area contributed by atoms with E-state index in [0.29, 0.717) is 12.4 Å². The van der Waals surface area contributed by atoms with Crippen LogP contribution in [0.2, 0.25) is 18.1 Å². The normalized spacial score (nSPS) is 13.2. The minimum atomic E-state index is -3.68. The van der Waals surface area contributed by atoms with Crippen molar-refractivity contribution in [1.82, 2.24) is 4.72 Å². The lowest BCUT2D eigenvalue weighted by molar-refractivity contribution is 0.217.